The van der Waals surface area contributed by atoms with Gasteiger partial charge in [0.25, 0.3) is 5.16 Å². The summed E-state index contributed by atoms with van der Waals surface area (Å²) in [5.41, 5.74) is 2.58. The molecule has 30 heavy (non-hydrogen) atoms. The van der Waals surface area contributed by atoms with Crippen molar-refractivity contribution in [2.24, 2.45) is 0 Å². The summed E-state index contributed by atoms with van der Waals surface area (Å²) < 4.78 is 25.9. The van der Waals surface area contributed by atoms with Crippen molar-refractivity contribution >= 4 is 33.2 Å². The maximum absolute atomic E-state index is 12.2. The molecule has 1 fully saturated rings. The molecule has 1 aliphatic rings. The van der Waals surface area contributed by atoms with Gasteiger partial charge in [-0.15, -0.1) is 11.8 Å². The van der Waals surface area contributed by atoms with Crippen molar-refractivity contribution in [2.45, 2.75) is 67.3 Å². The molecule has 7 nitrogen and oxygen atoms in total. The Kier molecular flexibility index (Phi) is 6.02. The number of fused-ring (bicyclic) bond motifs is 1. The molecule has 0 bridgehead atoms. The number of rotatable bonds is 7. The molecule has 3 aromatic rings. The number of aromatic nitrogens is 4. The van der Waals surface area contributed by atoms with Crippen molar-refractivity contribution in [2.75, 3.05) is 11.6 Å². The van der Waals surface area contributed by atoms with E-state index in [1.165, 1.54) is 36.1 Å². The first kappa shape index (κ1) is 21.1. The van der Waals surface area contributed by atoms with Gasteiger partial charge in [-0.25, -0.2) is 8.42 Å². The van der Waals surface area contributed by atoms with Crippen LogP contribution in [0, 0.1) is 0 Å². The van der Waals surface area contributed by atoms with Crippen LogP contribution in [0.2, 0.25) is 0 Å². The van der Waals surface area contributed by atoms with Crippen LogP contribution in [0.25, 0.3) is 5.65 Å². The summed E-state index contributed by atoms with van der Waals surface area (Å²) in [6, 6.07) is 8.34. The summed E-state index contributed by atoms with van der Waals surface area (Å²) in [6.07, 6.45) is 8.01. The highest BCUT2D eigenvalue weighted by Crippen LogP contribution is 2.36. The quantitative estimate of drug-likeness (QED) is 0.580. The normalized spacial score (nSPS) is 15.3. The summed E-state index contributed by atoms with van der Waals surface area (Å²) in [5.74, 6) is 0.550. The van der Waals surface area contributed by atoms with E-state index in [-0.39, 0.29) is 11.1 Å². The molecule has 0 spiro atoms. The topological polar surface area (TPSA) is 89.2 Å². The van der Waals surface area contributed by atoms with Gasteiger partial charge in [0, 0.05) is 28.5 Å². The average molecular weight is 446 g/mol. The van der Waals surface area contributed by atoms with Gasteiger partial charge in [0.15, 0.2) is 5.65 Å². The van der Waals surface area contributed by atoms with Crippen LogP contribution in [-0.4, -0.2) is 39.5 Å². The van der Waals surface area contributed by atoms with Gasteiger partial charge in [0.2, 0.25) is 15.8 Å². The Labute approximate surface area is 181 Å². The van der Waals surface area contributed by atoms with Crippen LogP contribution in [0.4, 0.5) is 5.95 Å². The number of sulfone groups is 1. The number of nitrogens with one attached hydrogen (secondary N) is 1. The Bertz CT molecular complexity index is 1150. The Morgan fingerprint density at radius 3 is 2.63 bits per heavy atom. The second kappa shape index (κ2) is 8.55. The summed E-state index contributed by atoms with van der Waals surface area (Å²) in [4.78, 5) is 9.82. The predicted molar refractivity (Wildman–Crippen MR) is 120 cm³/mol. The molecule has 0 saturated heterocycles. The first-order valence-corrected chi connectivity index (χ1v) is 13.0. The first-order valence-electron chi connectivity index (χ1n) is 10.3. The lowest BCUT2D eigenvalue weighted by atomic mass is 10.1. The maximum atomic E-state index is 12.2. The molecule has 9 heteroatoms. The van der Waals surface area contributed by atoms with Gasteiger partial charge in [-0.2, -0.15) is 19.6 Å². The van der Waals surface area contributed by atoms with E-state index in [2.05, 4.69) is 38.6 Å². The van der Waals surface area contributed by atoms with Crippen LogP contribution in [-0.2, 0) is 16.4 Å². The molecule has 1 aliphatic carbocycles. The van der Waals surface area contributed by atoms with E-state index in [1.807, 2.05) is 31.7 Å². The largest absolute Gasteiger partial charge is 0.350 e. The van der Waals surface area contributed by atoms with Crippen molar-refractivity contribution in [3.8, 4) is 0 Å². The third-order valence-corrected chi connectivity index (χ3v) is 7.64. The zero-order valence-corrected chi connectivity index (χ0v) is 19.1. The van der Waals surface area contributed by atoms with Gasteiger partial charge in [-0.1, -0.05) is 44.9 Å². The predicted octanol–water partition coefficient (Wildman–Crippen LogP) is 4.30. The lowest BCUT2D eigenvalue weighted by molar-refractivity contribution is 0.592. The van der Waals surface area contributed by atoms with Crippen LogP contribution < -0.4 is 5.32 Å². The van der Waals surface area contributed by atoms with Crippen molar-refractivity contribution in [3.63, 3.8) is 0 Å². The second-order valence-corrected chi connectivity index (χ2v) is 11.3. The molecule has 1 aromatic carbocycles. The molecule has 2 aromatic heterocycles. The van der Waals surface area contributed by atoms with E-state index in [0.29, 0.717) is 23.4 Å². The molecular weight excluding hydrogens is 418 g/mol. The molecule has 2 heterocycles. The second-order valence-electron chi connectivity index (χ2n) is 8.08. The number of nitrogens with zero attached hydrogens (tertiary/aromatic N) is 4. The van der Waals surface area contributed by atoms with E-state index in [4.69, 9.17) is 0 Å². The monoisotopic (exact) mass is 445 g/mol. The molecule has 160 valence electrons. The van der Waals surface area contributed by atoms with Crippen molar-refractivity contribution in [1.82, 2.24) is 19.6 Å². The minimum atomic E-state index is -3.55. The van der Waals surface area contributed by atoms with Gasteiger partial charge in [-0.05, 0) is 30.4 Å². The van der Waals surface area contributed by atoms with E-state index < -0.39 is 9.84 Å². The fourth-order valence-corrected chi connectivity index (χ4v) is 5.57. The maximum Gasteiger partial charge on any atom is 0.252 e. The molecular formula is C21H27N5O2S2. The molecule has 4 rings (SSSR count). The summed E-state index contributed by atoms with van der Waals surface area (Å²) >= 11 is 1.94. The van der Waals surface area contributed by atoms with Crippen LogP contribution in [0.5, 0.6) is 0 Å². The third-order valence-electron chi connectivity index (χ3n) is 5.33. The highest BCUT2D eigenvalue weighted by Gasteiger charge is 2.21. The molecule has 0 radical (unpaired) electrons. The van der Waals surface area contributed by atoms with E-state index in [0.717, 1.165) is 11.8 Å². The van der Waals surface area contributed by atoms with Crippen molar-refractivity contribution in [3.05, 3.63) is 41.6 Å². The van der Waals surface area contributed by atoms with Crippen LogP contribution in [0.15, 0.2) is 40.5 Å². The number of hydrogen-bond donors (Lipinski definition) is 1. The van der Waals surface area contributed by atoms with Crippen LogP contribution in [0.3, 0.4) is 0 Å². The minimum absolute atomic E-state index is 0.168. The number of hydrogen-bond acceptors (Lipinski definition) is 7. The number of benzene rings is 1. The number of anilines is 1. The standard InChI is InChI=1S/C21H27N5O2S2/c1-14(2)17-13-23-26-19(17)24-21(30(3,27)28)25-20(26)22-12-15-8-4-7-11-18(15)29-16-9-5-6-10-16/h4,7-8,11,13-14,16H,5-6,9-10,12H2,1-3H3,(H,22,24,25). The van der Waals surface area contributed by atoms with Crippen molar-refractivity contribution in [1.29, 1.82) is 0 Å². The smallest absolute Gasteiger partial charge is 0.252 e. The van der Waals surface area contributed by atoms with Gasteiger partial charge in [0.1, 0.15) is 0 Å². The number of thioether (sulfide) groups is 1. The fourth-order valence-electron chi connectivity index (χ4n) is 3.69. The Morgan fingerprint density at radius 1 is 1.20 bits per heavy atom. The highest BCUT2D eigenvalue weighted by atomic mass is 32.2. The van der Waals surface area contributed by atoms with E-state index in [1.54, 1.807) is 10.7 Å². The van der Waals surface area contributed by atoms with Crippen LogP contribution in [0.1, 0.15) is 56.6 Å². The van der Waals surface area contributed by atoms with Gasteiger partial charge >= 0.3 is 0 Å². The zero-order valence-electron chi connectivity index (χ0n) is 17.5. The first-order chi connectivity index (χ1) is 14.3. The van der Waals surface area contributed by atoms with E-state index in [9.17, 15) is 8.42 Å². The molecule has 0 atom stereocenters. The highest BCUT2D eigenvalue weighted by molar-refractivity contribution is 8.00. The molecule has 1 N–H and O–H groups in total. The average Bonchev–Trinajstić information content (AvgIpc) is 3.35. The molecule has 1 saturated carbocycles. The van der Waals surface area contributed by atoms with Gasteiger partial charge in [-0.3, -0.25) is 0 Å². The summed E-state index contributed by atoms with van der Waals surface area (Å²) in [5, 5.41) is 8.20. The Balaban J connectivity index is 1.66. The lowest BCUT2D eigenvalue weighted by Crippen LogP contribution is -2.14. The van der Waals surface area contributed by atoms with E-state index >= 15 is 0 Å². The Morgan fingerprint density at radius 2 is 1.93 bits per heavy atom. The zero-order chi connectivity index (χ0) is 21.3. The fraction of sp³-hybridized carbons (Fsp3) is 0.476. The molecule has 0 unspecified atom stereocenters. The van der Waals surface area contributed by atoms with Gasteiger partial charge in [0.05, 0.1) is 6.20 Å². The van der Waals surface area contributed by atoms with Crippen molar-refractivity contribution < 1.29 is 8.42 Å². The summed E-state index contributed by atoms with van der Waals surface area (Å²) in [7, 11) is -3.55. The summed E-state index contributed by atoms with van der Waals surface area (Å²) in [6.45, 7) is 4.59. The van der Waals surface area contributed by atoms with Gasteiger partial charge < -0.3 is 5.32 Å². The lowest BCUT2D eigenvalue weighted by Gasteiger charge is -2.15. The molecule has 0 aliphatic heterocycles. The SMILES string of the molecule is CC(C)c1cnn2c(NCc3ccccc3SC3CCCC3)nc(S(C)(=O)=O)nc12. The van der Waals surface area contributed by atoms with Crippen LogP contribution >= 0.6 is 11.8 Å². The minimum Gasteiger partial charge on any atom is -0.350 e. The molecule has 0 amide bonds. The third kappa shape index (κ3) is 4.46. The Hall–Kier alpha value is -2.13.